The van der Waals surface area contributed by atoms with Crippen LogP contribution in [0.15, 0.2) is 47.4 Å². The summed E-state index contributed by atoms with van der Waals surface area (Å²) in [5.41, 5.74) is 1.99. The van der Waals surface area contributed by atoms with Crippen molar-refractivity contribution in [3.8, 4) is 11.5 Å². The summed E-state index contributed by atoms with van der Waals surface area (Å²) in [6.45, 7) is 3.00. The van der Waals surface area contributed by atoms with Gasteiger partial charge in [-0.25, -0.2) is 0 Å². The van der Waals surface area contributed by atoms with Crippen molar-refractivity contribution >= 4 is 46.9 Å². The summed E-state index contributed by atoms with van der Waals surface area (Å²) in [4.78, 5) is 33.6. The fourth-order valence-corrected chi connectivity index (χ4v) is 7.40. The SMILES string of the molecule is COc1ccc(/C=C2\SC3CCC(C(=O)N4CCN(c5cccc(Cl)c5)CC4)CC3N(C)C2=O)cc1OC. The van der Waals surface area contributed by atoms with Crippen molar-refractivity contribution in [3.05, 3.63) is 58.0 Å². The third-order valence-electron chi connectivity index (χ3n) is 7.88. The van der Waals surface area contributed by atoms with Crippen molar-refractivity contribution in [3.63, 3.8) is 0 Å². The highest BCUT2D eigenvalue weighted by molar-refractivity contribution is 8.04. The highest BCUT2D eigenvalue weighted by Crippen LogP contribution is 2.44. The average molecular weight is 556 g/mol. The number of likely N-dealkylation sites (N-methyl/N-ethyl adjacent to an activating group) is 1. The topological polar surface area (TPSA) is 62.3 Å². The Labute approximate surface area is 233 Å². The van der Waals surface area contributed by atoms with Crippen LogP contribution in [0.2, 0.25) is 5.02 Å². The molecule has 9 heteroatoms. The van der Waals surface area contributed by atoms with E-state index in [0.717, 1.165) is 53.5 Å². The van der Waals surface area contributed by atoms with Crippen LogP contribution in [0.4, 0.5) is 5.69 Å². The maximum atomic E-state index is 13.5. The van der Waals surface area contributed by atoms with E-state index in [-0.39, 0.29) is 29.0 Å². The van der Waals surface area contributed by atoms with E-state index in [1.54, 1.807) is 26.0 Å². The predicted molar refractivity (Wildman–Crippen MR) is 153 cm³/mol. The Kier molecular flexibility index (Phi) is 8.09. The molecule has 1 saturated carbocycles. The first kappa shape index (κ1) is 26.8. The Morgan fingerprint density at radius 1 is 1.03 bits per heavy atom. The number of ether oxygens (including phenoxy) is 2. The van der Waals surface area contributed by atoms with Gasteiger partial charge in [0.25, 0.3) is 5.91 Å². The Morgan fingerprint density at radius 2 is 1.79 bits per heavy atom. The third-order valence-corrected chi connectivity index (χ3v) is 9.52. The molecule has 0 N–H and O–H groups in total. The molecule has 3 fully saturated rings. The number of carbonyl (C=O) groups excluding carboxylic acids is 2. The molecule has 2 aromatic carbocycles. The Bertz CT molecular complexity index is 1230. The number of rotatable bonds is 5. The van der Waals surface area contributed by atoms with Crippen LogP contribution in [0.5, 0.6) is 11.5 Å². The van der Waals surface area contributed by atoms with Gasteiger partial charge in [0.2, 0.25) is 5.91 Å². The first-order chi connectivity index (χ1) is 18.4. The van der Waals surface area contributed by atoms with Crippen LogP contribution in [-0.4, -0.2) is 80.4 Å². The highest BCUT2D eigenvalue weighted by Gasteiger charge is 2.43. The summed E-state index contributed by atoms with van der Waals surface area (Å²) in [5.74, 6) is 1.49. The van der Waals surface area contributed by atoms with Crippen LogP contribution in [0.3, 0.4) is 0 Å². The van der Waals surface area contributed by atoms with E-state index in [1.807, 2.05) is 59.3 Å². The largest absolute Gasteiger partial charge is 0.493 e. The molecule has 2 aliphatic heterocycles. The zero-order valence-electron chi connectivity index (χ0n) is 22.1. The van der Waals surface area contributed by atoms with Gasteiger partial charge in [0.1, 0.15) is 0 Å². The van der Waals surface area contributed by atoms with Crippen LogP contribution in [0.25, 0.3) is 6.08 Å². The van der Waals surface area contributed by atoms with Crippen molar-refractivity contribution in [2.45, 2.75) is 30.6 Å². The number of hydrogen-bond acceptors (Lipinski definition) is 6. The molecule has 7 nitrogen and oxygen atoms in total. The number of hydrogen-bond donors (Lipinski definition) is 0. The predicted octanol–water partition coefficient (Wildman–Crippen LogP) is 4.79. The number of methoxy groups -OCH3 is 2. The lowest BCUT2D eigenvalue weighted by Gasteiger charge is -2.45. The van der Waals surface area contributed by atoms with Gasteiger partial charge in [0, 0.05) is 61.1 Å². The lowest BCUT2D eigenvalue weighted by Crippen LogP contribution is -2.55. The molecule has 38 heavy (non-hydrogen) atoms. The van der Waals surface area contributed by atoms with Crippen LogP contribution < -0.4 is 14.4 Å². The van der Waals surface area contributed by atoms with Crippen LogP contribution in [-0.2, 0) is 9.59 Å². The van der Waals surface area contributed by atoms with Crippen molar-refractivity contribution in [2.75, 3.05) is 52.3 Å². The fourth-order valence-electron chi connectivity index (χ4n) is 5.73. The number of nitrogens with zero attached hydrogens (tertiary/aromatic N) is 3. The Balaban J connectivity index is 1.21. The second kappa shape index (κ2) is 11.5. The molecule has 3 aliphatic rings. The van der Waals surface area contributed by atoms with E-state index < -0.39 is 0 Å². The molecule has 5 rings (SSSR count). The molecule has 0 radical (unpaired) electrons. The van der Waals surface area contributed by atoms with E-state index in [0.29, 0.717) is 24.6 Å². The summed E-state index contributed by atoms with van der Waals surface area (Å²) in [7, 11) is 5.08. The van der Waals surface area contributed by atoms with Gasteiger partial charge in [-0.2, -0.15) is 0 Å². The van der Waals surface area contributed by atoms with E-state index >= 15 is 0 Å². The van der Waals surface area contributed by atoms with Crippen molar-refractivity contribution < 1.29 is 19.1 Å². The minimum absolute atomic E-state index is 0.00858. The lowest BCUT2D eigenvalue weighted by molar-refractivity contribution is -0.139. The summed E-state index contributed by atoms with van der Waals surface area (Å²) < 4.78 is 10.7. The second-order valence-corrected chi connectivity index (χ2v) is 11.8. The number of benzene rings is 2. The quantitative estimate of drug-likeness (QED) is 0.494. The Hall–Kier alpha value is -2.84. The molecule has 0 aromatic heterocycles. The maximum absolute atomic E-state index is 13.5. The fraction of sp³-hybridized carbons (Fsp3) is 0.448. The second-order valence-electron chi connectivity index (χ2n) is 10.1. The molecule has 3 unspecified atom stereocenters. The molecule has 2 amide bonds. The Morgan fingerprint density at radius 3 is 2.50 bits per heavy atom. The van der Waals surface area contributed by atoms with Gasteiger partial charge in [-0.15, -0.1) is 11.8 Å². The van der Waals surface area contributed by atoms with Crippen molar-refractivity contribution in [1.29, 1.82) is 0 Å². The minimum atomic E-state index is -0.0406. The molecular weight excluding hydrogens is 522 g/mol. The van der Waals surface area contributed by atoms with E-state index in [9.17, 15) is 9.59 Å². The van der Waals surface area contributed by atoms with Gasteiger partial charge in [-0.3, -0.25) is 9.59 Å². The zero-order chi connectivity index (χ0) is 26.8. The highest BCUT2D eigenvalue weighted by atomic mass is 35.5. The molecule has 202 valence electrons. The van der Waals surface area contributed by atoms with Crippen LogP contribution >= 0.6 is 23.4 Å². The molecule has 2 aromatic rings. The first-order valence-corrected chi connectivity index (χ1v) is 14.3. The molecule has 2 heterocycles. The summed E-state index contributed by atoms with van der Waals surface area (Å²) in [6.07, 6.45) is 4.41. The van der Waals surface area contributed by atoms with Crippen molar-refractivity contribution in [1.82, 2.24) is 9.80 Å². The summed E-state index contributed by atoms with van der Waals surface area (Å²) in [5, 5.41) is 1.01. The third kappa shape index (κ3) is 5.47. The van der Waals surface area contributed by atoms with Crippen molar-refractivity contribution in [2.24, 2.45) is 5.92 Å². The number of carbonyl (C=O) groups is 2. The number of halogens is 1. The molecule has 1 aliphatic carbocycles. The number of fused-ring (bicyclic) bond motifs is 1. The molecule has 3 atom stereocenters. The smallest absolute Gasteiger partial charge is 0.260 e. The van der Waals surface area contributed by atoms with Crippen LogP contribution in [0.1, 0.15) is 24.8 Å². The molecule has 0 spiro atoms. The van der Waals surface area contributed by atoms with Gasteiger partial charge in [-0.05, 0) is 61.2 Å². The van der Waals surface area contributed by atoms with Gasteiger partial charge >= 0.3 is 0 Å². The van der Waals surface area contributed by atoms with Gasteiger partial charge in [0.15, 0.2) is 11.5 Å². The first-order valence-electron chi connectivity index (χ1n) is 13.0. The normalized spacial score (nSPS) is 24.8. The minimum Gasteiger partial charge on any atom is -0.493 e. The maximum Gasteiger partial charge on any atom is 0.260 e. The van der Waals surface area contributed by atoms with Gasteiger partial charge in [0.05, 0.1) is 19.1 Å². The number of thioether (sulfide) groups is 1. The average Bonchev–Trinajstić information content (AvgIpc) is 2.95. The zero-order valence-corrected chi connectivity index (χ0v) is 23.6. The van der Waals surface area contributed by atoms with E-state index in [2.05, 4.69) is 11.0 Å². The van der Waals surface area contributed by atoms with Gasteiger partial charge < -0.3 is 24.2 Å². The number of anilines is 1. The summed E-state index contributed by atoms with van der Waals surface area (Å²) in [6, 6.07) is 13.6. The summed E-state index contributed by atoms with van der Waals surface area (Å²) >= 11 is 7.81. The molecule has 2 saturated heterocycles. The molecule has 0 bridgehead atoms. The molecular formula is C29H34ClN3O4S. The number of piperazine rings is 1. The van der Waals surface area contributed by atoms with Crippen LogP contribution in [0, 0.1) is 5.92 Å². The van der Waals surface area contributed by atoms with E-state index in [1.165, 1.54) is 0 Å². The number of amides is 2. The monoisotopic (exact) mass is 555 g/mol. The lowest BCUT2D eigenvalue weighted by atomic mass is 9.83. The van der Waals surface area contributed by atoms with E-state index in [4.69, 9.17) is 21.1 Å². The van der Waals surface area contributed by atoms with Gasteiger partial charge in [-0.1, -0.05) is 23.7 Å². The standard InChI is InChI=1S/C29H34ClN3O4S/c1-31-23-17-20(28(34)33-13-11-32(12-14-33)22-6-4-5-21(30)18-22)8-10-26(23)38-27(29(31)35)16-19-7-9-24(36-2)25(15-19)37-3/h4-7,9,15-16,18,20,23,26H,8,10-14,17H2,1-3H3/b27-16-.